The molecular weight excluding hydrogens is 392 g/mol. The van der Waals surface area contributed by atoms with Gasteiger partial charge < -0.3 is 25.0 Å². The van der Waals surface area contributed by atoms with Gasteiger partial charge in [0.15, 0.2) is 0 Å². The molecule has 1 saturated heterocycles. The van der Waals surface area contributed by atoms with Crippen LogP contribution in [-0.2, 0) is 6.54 Å². The fourth-order valence-electron chi connectivity index (χ4n) is 4.48. The number of aliphatic hydroxyl groups is 1. The Kier molecular flexibility index (Phi) is 5.63. The van der Waals surface area contributed by atoms with E-state index in [0.717, 1.165) is 78.2 Å². The third-order valence-electron chi connectivity index (χ3n) is 6.25. The van der Waals surface area contributed by atoms with Crippen LogP contribution in [0.15, 0.2) is 42.5 Å². The average molecular weight is 421 g/mol. The highest BCUT2D eigenvalue weighted by atomic mass is 16.5. The molecule has 1 fully saturated rings. The maximum Gasteiger partial charge on any atom is 0.252 e. The first kappa shape index (κ1) is 20.1. The number of carbonyl (C=O) groups is 1. The third-order valence-corrected chi connectivity index (χ3v) is 6.25. The fraction of sp³-hybridized carbons (Fsp3) is 0.375. The van der Waals surface area contributed by atoms with E-state index >= 15 is 0 Å². The largest absolute Gasteiger partial charge is 0.494 e. The quantitative estimate of drug-likeness (QED) is 0.512. The molecule has 1 aromatic heterocycles. The fourth-order valence-corrected chi connectivity index (χ4v) is 4.48. The number of aromatic nitrogens is 1. The number of hydrogen-bond donors (Lipinski definition) is 3. The second-order valence-corrected chi connectivity index (χ2v) is 8.26. The van der Waals surface area contributed by atoms with Gasteiger partial charge in [-0.05, 0) is 36.2 Å². The normalized spacial score (nSPS) is 17.1. The molecular formula is C24H28N4O3. The smallest absolute Gasteiger partial charge is 0.252 e. The summed E-state index contributed by atoms with van der Waals surface area (Å²) < 4.78 is 6.00. The summed E-state index contributed by atoms with van der Waals surface area (Å²) in [7, 11) is 0. The van der Waals surface area contributed by atoms with E-state index in [0.29, 0.717) is 13.2 Å². The lowest BCUT2D eigenvalue weighted by Crippen LogP contribution is -2.46. The van der Waals surface area contributed by atoms with Crippen molar-refractivity contribution < 1.29 is 14.6 Å². The number of benzene rings is 2. The van der Waals surface area contributed by atoms with Crippen LogP contribution in [0.25, 0.3) is 22.2 Å². The van der Waals surface area contributed by atoms with Crippen LogP contribution in [-0.4, -0.2) is 71.9 Å². The summed E-state index contributed by atoms with van der Waals surface area (Å²) in [5, 5.41) is 13.2. The predicted molar refractivity (Wildman–Crippen MR) is 120 cm³/mol. The Bertz CT molecular complexity index is 1090. The predicted octanol–water partition coefficient (Wildman–Crippen LogP) is 2.41. The van der Waals surface area contributed by atoms with Crippen molar-refractivity contribution >= 4 is 16.8 Å². The molecule has 0 aliphatic carbocycles. The molecule has 2 aromatic carbocycles. The first-order chi connectivity index (χ1) is 15.2. The van der Waals surface area contributed by atoms with Gasteiger partial charge in [0.1, 0.15) is 5.75 Å². The Hall–Kier alpha value is -2.87. The number of H-pyrrole nitrogens is 1. The van der Waals surface area contributed by atoms with E-state index in [1.807, 2.05) is 30.3 Å². The number of fused-ring (bicyclic) bond motifs is 2. The maximum absolute atomic E-state index is 12.3. The molecule has 0 unspecified atom stereocenters. The minimum absolute atomic E-state index is 0.00828. The molecule has 0 saturated carbocycles. The lowest BCUT2D eigenvalue weighted by atomic mass is 10.0. The van der Waals surface area contributed by atoms with Gasteiger partial charge in [-0.1, -0.05) is 18.2 Å². The second kappa shape index (κ2) is 8.70. The maximum atomic E-state index is 12.3. The van der Waals surface area contributed by atoms with Gasteiger partial charge in [-0.15, -0.1) is 0 Å². The molecule has 0 atom stereocenters. The van der Waals surface area contributed by atoms with E-state index in [9.17, 15) is 9.90 Å². The molecule has 3 aromatic rings. The van der Waals surface area contributed by atoms with Gasteiger partial charge >= 0.3 is 0 Å². The van der Waals surface area contributed by atoms with Crippen molar-refractivity contribution in [2.45, 2.75) is 13.0 Å². The number of nitrogens with zero attached hydrogens (tertiary/aromatic N) is 2. The summed E-state index contributed by atoms with van der Waals surface area (Å²) in [6, 6.07) is 14.2. The monoisotopic (exact) mass is 420 g/mol. The van der Waals surface area contributed by atoms with Gasteiger partial charge in [0.2, 0.25) is 0 Å². The highest BCUT2D eigenvalue weighted by Crippen LogP contribution is 2.32. The molecule has 7 nitrogen and oxygen atoms in total. The third kappa shape index (κ3) is 4.17. The molecule has 3 heterocycles. The molecule has 3 N–H and O–H groups in total. The Labute approximate surface area is 181 Å². The van der Waals surface area contributed by atoms with Gasteiger partial charge in [0, 0.05) is 61.4 Å². The summed E-state index contributed by atoms with van der Waals surface area (Å²) in [6.07, 6.45) is 0.973. The molecule has 31 heavy (non-hydrogen) atoms. The summed E-state index contributed by atoms with van der Waals surface area (Å²) in [6.45, 7) is 6.29. The standard InChI is InChI=1S/C24H28N4O3/c29-16-28-10-8-27(9-11-28)7-2-12-31-19-5-6-21-18(13-19)14-22(26-21)20-4-1-3-17-15-25-24(30)23(17)20/h1,3-6,13-14,26,29H,2,7-12,15-16H2,(H,25,30). The molecule has 2 aliphatic heterocycles. The van der Waals surface area contributed by atoms with Crippen molar-refractivity contribution in [3.05, 3.63) is 53.6 Å². The van der Waals surface area contributed by atoms with E-state index in [-0.39, 0.29) is 12.6 Å². The van der Waals surface area contributed by atoms with Crippen LogP contribution in [0, 0.1) is 0 Å². The second-order valence-electron chi connectivity index (χ2n) is 8.26. The molecule has 5 rings (SSSR count). The van der Waals surface area contributed by atoms with Crippen LogP contribution in [0.2, 0.25) is 0 Å². The van der Waals surface area contributed by atoms with Crippen molar-refractivity contribution in [2.75, 3.05) is 46.1 Å². The number of nitrogens with one attached hydrogen (secondary N) is 2. The molecule has 0 spiro atoms. The van der Waals surface area contributed by atoms with E-state index in [1.54, 1.807) is 0 Å². The highest BCUT2D eigenvalue weighted by molar-refractivity contribution is 6.05. The number of amides is 1. The zero-order chi connectivity index (χ0) is 21.2. The molecule has 1 amide bonds. The van der Waals surface area contributed by atoms with Gasteiger partial charge in [-0.25, -0.2) is 0 Å². The summed E-state index contributed by atoms with van der Waals surface area (Å²) in [5.74, 6) is 0.852. The van der Waals surface area contributed by atoms with Gasteiger partial charge in [-0.3, -0.25) is 9.69 Å². The van der Waals surface area contributed by atoms with E-state index in [4.69, 9.17) is 4.74 Å². The van der Waals surface area contributed by atoms with Crippen molar-refractivity contribution in [1.29, 1.82) is 0 Å². The van der Waals surface area contributed by atoms with Crippen molar-refractivity contribution in [3.63, 3.8) is 0 Å². The molecule has 0 bridgehead atoms. The average Bonchev–Trinajstić information content (AvgIpc) is 3.40. The number of rotatable bonds is 7. The minimum atomic E-state index is -0.00828. The number of ether oxygens (including phenoxy) is 1. The molecule has 162 valence electrons. The zero-order valence-electron chi connectivity index (χ0n) is 17.6. The first-order valence-electron chi connectivity index (χ1n) is 10.9. The lowest BCUT2D eigenvalue weighted by Gasteiger charge is -2.33. The Morgan fingerprint density at radius 1 is 1.03 bits per heavy atom. The summed E-state index contributed by atoms with van der Waals surface area (Å²) in [4.78, 5) is 20.2. The number of piperazine rings is 1. The first-order valence-corrected chi connectivity index (χ1v) is 10.9. The van der Waals surface area contributed by atoms with E-state index < -0.39 is 0 Å². The van der Waals surface area contributed by atoms with E-state index in [2.05, 4.69) is 32.2 Å². The van der Waals surface area contributed by atoms with Crippen LogP contribution in [0.1, 0.15) is 22.3 Å². The molecule has 7 heteroatoms. The molecule has 0 radical (unpaired) electrons. The van der Waals surface area contributed by atoms with Gasteiger partial charge in [-0.2, -0.15) is 0 Å². The number of aliphatic hydroxyl groups excluding tert-OH is 1. The van der Waals surface area contributed by atoms with Crippen LogP contribution in [0.3, 0.4) is 0 Å². The van der Waals surface area contributed by atoms with Gasteiger partial charge in [0.05, 0.1) is 18.9 Å². The van der Waals surface area contributed by atoms with Crippen LogP contribution < -0.4 is 10.1 Å². The van der Waals surface area contributed by atoms with Crippen LogP contribution >= 0.6 is 0 Å². The van der Waals surface area contributed by atoms with Crippen molar-refractivity contribution in [3.8, 4) is 17.0 Å². The van der Waals surface area contributed by atoms with Crippen molar-refractivity contribution in [2.24, 2.45) is 0 Å². The zero-order valence-corrected chi connectivity index (χ0v) is 17.6. The van der Waals surface area contributed by atoms with Crippen molar-refractivity contribution in [1.82, 2.24) is 20.1 Å². The van der Waals surface area contributed by atoms with Crippen LogP contribution in [0.5, 0.6) is 5.75 Å². The van der Waals surface area contributed by atoms with Gasteiger partial charge in [0.25, 0.3) is 5.91 Å². The number of carbonyl (C=O) groups excluding carboxylic acids is 1. The summed E-state index contributed by atoms with van der Waals surface area (Å²) in [5.41, 5.74) is 4.73. The Balaban J connectivity index is 1.22. The topological polar surface area (TPSA) is 80.8 Å². The lowest BCUT2D eigenvalue weighted by molar-refractivity contribution is 0.0527. The summed E-state index contributed by atoms with van der Waals surface area (Å²) >= 11 is 0. The SMILES string of the molecule is O=C1NCc2cccc(-c3cc4cc(OCCCN5CCN(CO)CC5)ccc4[nH]3)c21. The number of aromatic amines is 1. The number of hydrogen-bond acceptors (Lipinski definition) is 5. The van der Waals surface area contributed by atoms with E-state index in [1.165, 1.54) is 0 Å². The minimum Gasteiger partial charge on any atom is -0.494 e. The highest BCUT2D eigenvalue weighted by Gasteiger charge is 2.23. The Morgan fingerprint density at radius 2 is 1.87 bits per heavy atom. The Morgan fingerprint density at radius 3 is 2.71 bits per heavy atom. The molecule has 2 aliphatic rings. The van der Waals surface area contributed by atoms with Crippen LogP contribution in [0.4, 0.5) is 0 Å².